The van der Waals surface area contributed by atoms with E-state index in [2.05, 4.69) is 0 Å². The molecule has 2 N–H and O–H groups in total. The van der Waals surface area contributed by atoms with E-state index in [1.54, 1.807) is 0 Å². The number of nitrogens with two attached hydrogens (primary N) is 1. The molecule has 0 aromatic carbocycles. The molecule has 0 radical (unpaired) electrons. The Hall–Kier alpha value is -0.900. The van der Waals surface area contributed by atoms with Crippen LogP contribution in [-0.4, -0.2) is 29.8 Å². The van der Waals surface area contributed by atoms with Gasteiger partial charge in [0.1, 0.15) is 0 Å². The number of carbonyl (C=O) groups excluding carboxylic acids is 2. The number of likely N-dealkylation sites (tertiary alicyclic amines) is 1. The molecular formula is C12H20N2O2. The van der Waals surface area contributed by atoms with Crippen molar-refractivity contribution in [2.75, 3.05) is 13.1 Å². The minimum Gasteiger partial charge on any atom is -0.329 e. The van der Waals surface area contributed by atoms with Crippen molar-refractivity contribution in [1.82, 2.24) is 4.90 Å². The van der Waals surface area contributed by atoms with Crippen LogP contribution < -0.4 is 5.73 Å². The first-order valence-electron chi connectivity index (χ1n) is 6.20. The van der Waals surface area contributed by atoms with E-state index in [1.807, 2.05) is 0 Å². The second-order valence-corrected chi connectivity index (χ2v) is 5.14. The predicted molar refractivity (Wildman–Crippen MR) is 60.5 cm³/mol. The van der Waals surface area contributed by atoms with Crippen LogP contribution in [0, 0.1) is 5.41 Å². The summed E-state index contributed by atoms with van der Waals surface area (Å²) < 4.78 is 0. The minimum atomic E-state index is -0.0106. The summed E-state index contributed by atoms with van der Waals surface area (Å²) in [4.78, 5) is 25.2. The fourth-order valence-electron chi connectivity index (χ4n) is 3.07. The smallest absolute Gasteiger partial charge is 0.229 e. The third-order valence-corrected chi connectivity index (χ3v) is 3.92. The Morgan fingerprint density at radius 1 is 1.06 bits per heavy atom. The van der Waals surface area contributed by atoms with Gasteiger partial charge in [0.25, 0.3) is 0 Å². The topological polar surface area (TPSA) is 63.4 Å². The SMILES string of the molecule is NCCN1C(=O)CC2(CCCCC2)CC1=O. The van der Waals surface area contributed by atoms with Gasteiger partial charge in [-0.25, -0.2) is 0 Å². The molecule has 2 aliphatic rings. The highest BCUT2D eigenvalue weighted by atomic mass is 16.2. The van der Waals surface area contributed by atoms with Crippen molar-refractivity contribution in [3.05, 3.63) is 0 Å². The van der Waals surface area contributed by atoms with Gasteiger partial charge < -0.3 is 5.73 Å². The summed E-state index contributed by atoms with van der Waals surface area (Å²) in [6.45, 7) is 0.748. The second kappa shape index (κ2) is 4.53. The number of amides is 2. The Kier molecular flexibility index (Phi) is 3.28. The number of hydrogen-bond acceptors (Lipinski definition) is 3. The lowest BCUT2D eigenvalue weighted by molar-refractivity contribution is -0.154. The van der Waals surface area contributed by atoms with Crippen molar-refractivity contribution >= 4 is 11.8 Å². The van der Waals surface area contributed by atoms with E-state index in [9.17, 15) is 9.59 Å². The molecule has 0 aromatic heterocycles. The number of hydrogen-bond donors (Lipinski definition) is 1. The molecule has 0 aromatic rings. The van der Waals surface area contributed by atoms with Crippen LogP contribution in [0.2, 0.25) is 0 Å². The summed E-state index contributed by atoms with van der Waals surface area (Å²) in [5.41, 5.74) is 5.41. The van der Waals surface area contributed by atoms with Crippen molar-refractivity contribution in [3.8, 4) is 0 Å². The average Bonchev–Trinajstić information content (AvgIpc) is 2.24. The fraction of sp³-hybridized carbons (Fsp3) is 0.833. The molecule has 1 aliphatic heterocycles. The maximum absolute atomic E-state index is 11.9. The average molecular weight is 224 g/mol. The lowest BCUT2D eigenvalue weighted by Crippen LogP contribution is -2.50. The van der Waals surface area contributed by atoms with Crippen LogP contribution in [0.15, 0.2) is 0 Å². The van der Waals surface area contributed by atoms with Gasteiger partial charge in [-0.15, -0.1) is 0 Å². The van der Waals surface area contributed by atoms with Crippen molar-refractivity contribution in [2.24, 2.45) is 11.1 Å². The van der Waals surface area contributed by atoms with Gasteiger partial charge in [0.05, 0.1) is 0 Å². The highest BCUT2D eigenvalue weighted by molar-refractivity contribution is 5.98. The van der Waals surface area contributed by atoms with E-state index in [0.717, 1.165) is 25.7 Å². The van der Waals surface area contributed by atoms with Crippen molar-refractivity contribution < 1.29 is 9.59 Å². The fourth-order valence-corrected chi connectivity index (χ4v) is 3.07. The largest absolute Gasteiger partial charge is 0.329 e. The molecular weight excluding hydrogens is 204 g/mol. The molecule has 2 fully saturated rings. The van der Waals surface area contributed by atoms with Crippen molar-refractivity contribution in [1.29, 1.82) is 0 Å². The van der Waals surface area contributed by atoms with Gasteiger partial charge in [0.2, 0.25) is 11.8 Å². The second-order valence-electron chi connectivity index (χ2n) is 5.14. The number of carbonyl (C=O) groups is 2. The number of rotatable bonds is 2. The molecule has 16 heavy (non-hydrogen) atoms. The molecule has 1 spiro atoms. The van der Waals surface area contributed by atoms with E-state index < -0.39 is 0 Å². The first kappa shape index (κ1) is 11.6. The summed E-state index contributed by atoms with van der Waals surface area (Å²) in [7, 11) is 0. The number of nitrogens with zero attached hydrogens (tertiary/aromatic N) is 1. The Bertz CT molecular complexity index is 275. The normalized spacial score (nSPS) is 25.2. The van der Waals surface area contributed by atoms with Crippen LogP contribution in [0.4, 0.5) is 0 Å². The van der Waals surface area contributed by atoms with E-state index in [1.165, 1.54) is 11.3 Å². The first-order chi connectivity index (χ1) is 7.67. The molecule has 0 atom stereocenters. The summed E-state index contributed by atoms with van der Waals surface area (Å²) in [5, 5.41) is 0. The van der Waals surface area contributed by atoms with Crippen molar-refractivity contribution in [3.63, 3.8) is 0 Å². The molecule has 0 bridgehead atoms. The molecule has 1 aliphatic carbocycles. The third kappa shape index (κ3) is 2.12. The molecule has 1 saturated heterocycles. The van der Waals surface area contributed by atoms with E-state index in [-0.39, 0.29) is 17.2 Å². The van der Waals surface area contributed by atoms with Crippen molar-refractivity contribution in [2.45, 2.75) is 44.9 Å². The quantitative estimate of drug-likeness (QED) is 0.713. The molecule has 90 valence electrons. The Balaban J connectivity index is 2.07. The van der Waals surface area contributed by atoms with Gasteiger partial charge >= 0.3 is 0 Å². The van der Waals surface area contributed by atoms with Crippen LogP contribution in [0.25, 0.3) is 0 Å². The Morgan fingerprint density at radius 3 is 2.12 bits per heavy atom. The predicted octanol–water partition coefficient (Wildman–Crippen LogP) is 1.04. The zero-order valence-corrected chi connectivity index (χ0v) is 9.71. The Morgan fingerprint density at radius 2 is 1.62 bits per heavy atom. The van der Waals surface area contributed by atoms with Crippen LogP contribution in [0.3, 0.4) is 0 Å². The molecule has 2 rings (SSSR count). The zero-order valence-electron chi connectivity index (χ0n) is 9.71. The van der Waals surface area contributed by atoms with Crippen LogP contribution in [0.1, 0.15) is 44.9 Å². The lowest BCUT2D eigenvalue weighted by atomic mass is 9.67. The summed E-state index contributed by atoms with van der Waals surface area (Å²) in [6.07, 6.45) is 6.77. The molecule has 1 heterocycles. The van der Waals surface area contributed by atoms with Gasteiger partial charge in [-0.3, -0.25) is 14.5 Å². The first-order valence-corrected chi connectivity index (χ1v) is 6.20. The highest BCUT2D eigenvalue weighted by Gasteiger charge is 2.43. The molecule has 4 heteroatoms. The van der Waals surface area contributed by atoms with E-state index >= 15 is 0 Å². The van der Waals surface area contributed by atoms with Gasteiger partial charge in [-0.1, -0.05) is 19.3 Å². The van der Waals surface area contributed by atoms with Crippen LogP contribution >= 0.6 is 0 Å². The summed E-state index contributed by atoms with van der Waals surface area (Å²) in [6, 6.07) is 0. The molecule has 4 nitrogen and oxygen atoms in total. The summed E-state index contributed by atoms with van der Waals surface area (Å²) >= 11 is 0. The minimum absolute atomic E-state index is 0.00247. The van der Waals surface area contributed by atoms with Gasteiger partial charge in [0.15, 0.2) is 0 Å². The van der Waals surface area contributed by atoms with Crippen LogP contribution in [-0.2, 0) is 9.59 Å². The van der Waals surface area contributed by atoms with Crippen LogP contribution in [0.5, 0.6) is 0 Å². The summed E-state index contributed by atoms with van der Waals surface area (Å²) in [5.74, 6) is -0.0211. The Labute approximate surface area is 96.2 Å². The molecule has 1 saturated carbocycles. The molecule has 0 unspecified atom stereocenters. The number of piperidine rings is 1. The van der Waals surface area contributed by atoms with E-state index in [0.29, 0.717) is 25.9 Å². The number of imide groups is 1. The lowest BCUT2D eigenvalue weighted by Gasteiger charge is -2.42. The third-order valence-electron chi connectivity index (χ3n) is 3.92. The highest BCUT2D eigenvalue weighted by Crippen LogP contribution is 2.45. The molecule has 2 amide bonds. The standard InChI is InChI=1S/C12H20N2O2/c13-6-7-14-10(15)8-12(9-11(14)16)4-2-1-3-5-12/h1-9,13H2. The maximum Gasteiger partial charge on any atom is 0.229 e. The van der Waals surface area contributed by atoms with Gasteiger partial charge in [-0.2, -0.15) is 0 Å². The van der Waals surface area contributed by atoms with Gasteiger partial charge in [-0.05, 0) is 18.3 Å². The van der Waals surface area contributed by atoms with E-state index in [4.69, 9.17) is 5.73 Å². The monoisotopic (exact) mass is 224 g/mol. The zero-order chi connectivity index (χ0) is 11.6. The maximum atomic E-state index is 11.9. The van der Waals surface area contributed by atoms with Gasteiger partial charge in [0, 0.05) is 25.9 Å².